The highest BCUT2D eigenvalue weighted by Crippen LogP contribution is 2.22. The summed E-state index contributed by atoms with van der Waals surface area (Å²) in [6.45, 7) is 2.26. The van der Waals surface area contributed by atoms with E-state index in [1.807, 2.05) is 12.1 Å². The van der Waals surface area contributed by atoms with Crippen LogP contribution in [0.5, 0.6) is 5.75 Å². The van der Waals surface area contributed by atoms with Gasteiger partial charge in [0.15, 0.2) is 0 Å². The van der Waals surface area contributed by atoms with E-state index >= 15 is 0 Å². The first-order valence-electron chi connectivity index (χ1n) is 5.89. The molecule has 1 aromatic carbocycles. The zero-order chi connectivity index (χ0) is 12.3. The maximum absolute atomic E-state index is 10.8. The number of phenolic OH excluding ortho intramolecular Hbond substituents is 1. The second-order valence-electron chi connectivity index (χ2n) is 4.52. The van der Waals surface area contributed by atoms with Gasteiger partial charge in [0, 0.05) is 12.1 Å². The molecule has 0 unspecified atom stereocenters. The Balaban J connectivity index is 1.90. The van der Waals surface area contributed by atoms with Crippen LogP contribution in [-0.2, 0) is 11.3 Å². The van der Waals surface area contributed by atoms with Crippen molar-refractivity contribution in [1.29, 1.82) is 0 Å². The second kappa shape index (κ2) is 5.19. The smallest absolute Gasteiger partial charge is 0.306 e. The number of carboxylic acids is 1. The molecule has 17 heavy (non-hydrogen) atoms. The molecule has 1 aliphatic heterocycles. The van der Waals surface area contributed by atoms with Crippen molar-refractivity contribution < 1.29 is 15.0 Å². The summed E-state index contributed by atoms with van der Waals surface area (Å²) in [6.07, 6.45) is 1.39. The zero-order valence-electron chi connectivity index (χ0n) is 9.67. The van der Waals surface area contributed by atoms with Crippen molar-refractivity contribution in [2.75, 3.05) is 13.1 Å². The molecule has 0 saturated carbocycles. The lowest BCUT2D eigenvalue weighted by atomic mass is 9.97. The number of carbonyl (C=O) groups is 1. The van der Waals surface area contributed by atoms with Gasteiger partial charge < -0.3 is 10.2 Å². The fourth-order valence-corrected chi connectivity index (χ4v) is 2.22. The molecule has 4 nitrogen and oxygen atoms in total. The number of rotatable bonds is 3. The summed E-state index contributed by atoms with van der Waals surface area (Å²) in [4.78, 5) is 13.0. The summed E-state index contributed by atoms with van der Waals surface area (Å²) < 4.78 is 0. The quantitative estimate of drug-likeness (QED) is 0.837. The number of benzene rings is 1. The molecule has 1 aromatic rings. The third-order valence-electron chi connectivity index (χ3n) is 3.32. The van der Waals surface area contributed by atoms with Crippen molar-refractivity contribution in [2.45, 2.75) is 19.4 Å². The fourth-order valence-electron chi connectivity index (χ4n) is 2.22. The van der Waals surface area contributed by atoms with Gasteiger partial charge in [0.25, 0.3) is 0 Å². The number of aliphatic carboxylic acids is 1. The van der Waals surface area contributed by atoms with E-state index in [0.29, 0.717) is 25.1 Å². The van der Waals surface area contributed by atoms with Gasteiger partial charge in [-0.25, -0.2) is 0 Å². The Morgan fingerprint density at radius 3 is 2.53 bits per heavy atom. The standard InChI is InChI=1S/C13H17NO3/c15-12-4-2-1-3-11(12)9-14-7-5-10(6-8-14)13(16)17/h1-4,10,15H,5-9H2,(H,16,17). The molecule has 0 amide bonds. The third-order valence-corrected chi connectivity index (χ3v) is 3.32. The van der Waals surface area contributed by atoms with E-state index in [2.05, 4.69) is 4.90 Å². The molecule has 1 aliphatic rings. The van der Waals surface area contributed by atoms with Crippen LogP contribution in [0.15, 0.2) is 24.3 Å². The number of hydrogen-bond acceptors (Lipinski definition) is 3. The minimum atomic E-state index is -0.688. The van der Waals surface area contributed by atoms with E-state index in [1.54, 1.807) is 12.1 Å². The van der Waals surface area contributed by atoms with Gasteiger partial charge in [0.1, 0.15) is 5.75 Å². The molecule has 1 saturated heterocycles. The summed E-state index contributed by atoms with van der Waals surface area (Å²) >= 11 is 0. The van der Waals surface area contributed by atoms with Crippen LogP contribution < -0.4 is 0 Å². The van der Waals surface area contributed by atoms with Gasteiger partial charge in [-0.2, -0.15) is 0 Å². The van der Waals surface area contributed by atoms with Gasteiger partial charge in [0.2, 0.25) is 0 Å². The molecule has 1 fully saturated rings. The Hall–Kier alpha value is -1.55. The number of likely N-dealkylation sites (tertiary alicyclic amines) is 1. The number of aromatic hydroxyl groups is 1. The van der Waals surface area contributed by atoms with E-state index < -0.39 is 5.97 Å². The van der Waals surface area contributed by atoms with E-state index in [-0.39, 0.29) is 5.92 Å². The predicted octanol–water partition coefficient (Wildman–Crippen LogP) is 1.69. The molecule has 4 heteroatoms. The summed E-state index contributed by atoms with van der Waals surface area (Å²) in [6, 6.07) is 7.28. The summed E-state index contributed by atoms with van der Waals surface area (Å²) in [5.74, 6) is -0.573. The van der Waals surface area contributed by atoms with Crippen LogP contribution in [0.25, 0.3) is 0 Å². The highest BCUT2D eigenvalue weighted by molar-refractivity contribution is 5.70. The summed E-state index contributed by atoms with van der Waals surface area (Å²) in [5.41, 5.74) is 0.904. The number of carboxylic acid groups (broad SMARTS) is 1. The Kier molecular flexibility index (Phi) is 3.64. The number of piperidine rings is 1. The number of hydrogen-bond donors (Lipinski definition) is 2. The molecular formula is C13H17NO3. The normalized spacial score (nSPS) is 18.1. The molecular weight excluding hydrogens is 218 g/mol. The highest BCUT2D eigenvalue weighted by Gasteiger charge is 2.24. The fraction of sp³-hybridized carbons (Fsp3) is 0.462. The zero-order valence-corrected chi connectivity index (χ0v) is 9.67. The average Bonchev–Trinajstić information content (AvgIpc) is 2.33. The molecule has 0 bridgehead atoms. The van der Waals surface area contributed by atoms with Crippen molar-refractivity contribution in [3.8, 4) is 5.75 Å². The molecule has 1 heterocycles. The van der Waals surface area contributed by atoms with Crippen LogP contribution in [-0.4, -0.2) is 34.2 Å². The van der Waals surface area contributed by atoms with Gasteiger partial charge in [0.05, 0.1) is 5.92 Å². The van der Waals surface area contributed by atoms with Crippen molar-refractivity contribution in [3.63, 3.8) is 0 Å². The minimum absolute atomic E-state index is 0.198. The molecule has 0 aliphatic carbocycles. The lowest BCUT2D eigenvalue weighted by Crippen LogP contribution is -2.35. The molecule has 0 spiro atoms. The number of phenols is 1. The molecule has 92 valence electrons. The Bertz CT molecular complexity index is 397. The van der Waals surface area contributed by atoms with Gasteiger partial charge in [-0.15, -0.1) is 0 Å². The monoisotopic (exact) mass is 235 g/mol. The lowest BCUT2D eigenvalue weighted by Gasteiger charge is -2.30. The van der Waals surface area contributed by atoms with Gasteiger partial charge in [-0.1, -0.05) is 18.2 Å². The predicted molar refractivity (Wildman–Crippen MR) is 63.7 cm³/mol. The van der Waals surface area contributed by atoms with Crippen LogP contribution in [0.3, 0.4) is 0 Å². The number of para-hydroxylation sites is 1. The molecule has 0 atom stereocenters. The van der Waals surface area contributed by atoms with Crippen LogP contribution >= 0.6 is 0 Å². The molecule has 0 aromatic heterocycles. The number of nitrogens with zero attached hydrogens (tertiary/aromatic N) is 1. The first kappa shape index (κ1) is 11.9. The largest absolute Gasteiger partial charge is 0.508 e. The topological polar surface area (TPSA) is 60.8 Å². The van der Waals surface area contributed by atoms with Crippen molar-refractivity contribution in [1.82, 2.24) is 4.90 Å². The van der Waals surface area contributed by atoms with Gasteiger partial charge >= 0.3 is 5.97 Å². The van der Waals surface area contributed by atoms with Crippen molar-refractivity contribution in [3.05, 3.63) is 29.8 Å². The van der Waals surface area contributed by atoms with E-state index in [9.17, 15) is 9.90 Å². The van der Waals surface area contributed by atoms with Crippen LogP contribution in [0.2, 0.25) is 0 Å². The van der Waals surface area contributed by atoms with E-state index in [4.69, 9.17) is 5.11 Å². The van der Waals surface area contributed by atoms with E-state index in [1.165, 1.54) is 0 Å². The Morgan fingerprint density at radius 2 is 1.94 bits per heavy atom. The summed E-state index contributed by atoms with van der Waals surface area (Å²) in [7, 11) is 0. The highest BCUT2D eigenvalue weighted by atomic mass is 16.4. The van der Waals surface area contributed by atoms with Crippen molar-refractivity contribution >= 4 is 5.97 Å². The van der Waals surface area contributed by atoms with Crippen molar-refractivity contribution in [2.24, 2.45) is 5.92 Å². The van der Waals surface area contributed by atoms with Gasteiger partial charge in [-0.3, -0.25) is 9.69 Å². The lowest BCUT2D eigenvalue weighted by molar-refractivity contribution is -0.143. The first-order chi connectivity index (χ1) is 8.16. The maximum atomic E-state index is 10.8. The Labute approximate surface area is 100 Å². The van der Waals surface area contributed by atoms with Crippen LogP contribution in [0, 0.1) is 5.92 Å². The van der Waals surface area contributed by atoms with E-state index in [0.717, 1.165) is 18.7 Å². The minimum Gasteiger partial charge on any atom is -0.508 e. The summed E-state index contributed by atoms with van der Waals surface area (Å²) in [5, 5.41) is 18.6. The SMILES string of the molecule is O=C(O)C1CCN(Cc2ccccc2O)CC1. The average molecular weight is 235 g/mol. The second-order valence-corrected chi connectivity index (χ2v) is 4.52. The first-order valence-corrected chi connectivity index (χ1v) is 5.89. The van der Waals surface area contributed by atoms with Gasteiger partial charge in [-0.05, 0) is 32.0 Å². The van der Waals surface area contributed by atoms with Crippen LogP contribution in [0.1, 0.15) is 18.4 Å². The molecule has 2 rings (SSSR count). The molecule has 0 radical (unpaired) electrons. The Morgan fingerprint density at radius 1 is 1.29 bits per heavy atom. The maximum Gasteiger partial charge on any atom is 0.306 e. The molecule has 2 N–H and O–H groups in total. The third kappa shape index (κ3) is 2.97. The van der Waals surface area contributed by atoms with Crippen LogP contribution in [0.4, 0.5) is 0 Å².